The van der Waals surface area contributed by atoms with Crippen molar-refractivity contribution in [2.75, 3.05) is 5.32 Å². The van der Waals surface area contributed by atoms with E-state index in [4.69, 9.17) is 5.73 Å². The van der Waals surface area contributed by atoms with Crippen molar-refractivity contribution in [1.29, 1.82) is 0 Å². The molecule has 0 aliphatic rings. The summed E-state index contributed by atoms with van der Waals surface area (Å²) in [6.45, 7) is 4.72. The predicted octanol–water partition coefficient (Wildman–Crippen LogP) is 2.24. The third-order valence-electron chi connectivity index (χ3n) is 3.23. The fourth-order valence-electron chi connectivity index (χ4n) is 2.19. The molecule has 0 fully saturated rings. The molecule has 2 aromatic rings. The van der Waals surface area contributed by atoms with Gasteiger partial charge in [0.2, 0.25) is 5.91 Å². The van der Waals surface area contributed by atoms with Crippen molar-refractivity contribution < 1.29 is 4.79 Å². The minimum atomic E-state index is -0.484. The number of nitrogens with one attached hydrogen (secondary N) is 1. The Morgan fingerprint density at radius 3 is 2.76 bits per heavy atom. The van der Waals surface area contributed by atoms with Crippen LogP contribution in [0.25, 0.3) is 0 Å². The third kappa shape index (κ3) is 4.43. The Morgan fingerprint density at radius 2 is 2.10 bits per heavy atom. The predicted molar refractivity (Wildman–Crippen MR) is 83.8 cm³/mol. The molecular weight excluding hydrogens is 264 g/mol. The Bertz CT molecular complexity index is 578. The van der Waals surface area contributed by atoms with Crippen LogP contribution < -0.4 is 11.1 Å². The molecule has 2 rings (SSSR count). The van der Waals surface area contributed by atoms with Gasteiger partial charge in [0.25, 0.3) is 0 Å². The summed E-state index contributed by atoms with van der Waals surface area (Å²) >= 11 is 0. The van der Waals surface area contributed by atoms with Gasteiger partial charge in [0.05, 0.1) is 12.6 Å². The first-order valence-electron chi connectivity index (χ1n) is 7.18. The second-order valence-corrected chi connectivity index (χ2v) is 5.59. The van der Waals surface area contributed by atoms with Gasteiger partial charge in [-0.3, -0.25) is 9.48 Å². The van der Waals surface area contributed by atoms with Gasteiger partial charge in [-0.25, -0.2) is 0 Å². The maximum Gasteiger partial charge on any atom is 0.241 e. The number of carbonyl (C=O) groups excluding carboxylic acids is 1. The van der Waals surface area contributed by atoms with Gasteiger partial charge in [0.1, 0.15) is 0 Å². The van der Waals surface area contributed by atoms with E-state index in [9.17, 15) is 4.79 Å². The van der Waals surface area contributed by atoms with Gasteiger partial charge in [0, 0.05) is 18.1 Å². The standard InChI is InChI=1S/C16H22N4O/c1-12(2)10-14(17)16(21)19-15-7-4-3-6-13(15)11-20-9-5-8-18-20/h3-9,12,14H,10-11,17H2,1-2H3,(H,19,21). The average molecular weight is 286 g/mol. The topological polar surface area (TPSA) is 72.9 Å². The summed E-state index contributed by atoms with van der Waals surface area (Å²) in [6, 6.07) is 9.10. The summed E-state index contributed by atoms with van der Waals surface area (Å²) in [7, 11) is 0. The van der Waals surface area contributed by atoms with Crippen LogP contribution in [0.5, 0.6) is 0 Å². The Kier molecular flexibility index (Phi) is 5.11. The monoisotopic (exact) mass is 286 g/mol. The molecule has 1 amide bonds. The van der Waals surface area contributed by atoms with Crippen molar-refractivity contribution in [3.05, 3.63) is 48.3 Å². The van der Waals surface area contributed by atoms with Gasteiger partial charge >= 0.3 is 0 Å². The van der Waals surface area contributed by atoms with E-state index >= 15 is 0 Å². The van der Waals surface area contributed by atoms with E-state index in [1.165, 1.54) is 0 Å². The van der Waals surface area contributed by atoms with E-state index in [0.717, 1.165) is 11.3 Å². The lowest BCUT2D eigenvalue weighted by atomic mass is 10.0. The van der Waals surface area contributed by atoms with Crippen LogP contribution in [0.4, 0.5) is 5.69 Å². The molecule has 0 saturated carbocycles. The van der Waals surface area contributed by atoms with Crippen LogP contribution in [0.3, 0.4) is 0 Å². The van der Waals surface area contributed by atoms with Gasteiger partial charge in [0.15, 0.2) is 0 Å². The summed E-state index contributed by atoms with van der Waals surface area (Å²) in [6.07, 6.45) is 4.30. The van der Waals surface area contributed by atoms with E-state index in [1.54, 1.807) is 6.20 Å². The van der Waals surface area contributed by atoms with Gasteiger partial charge in [-0.2, -0.15) is 5.10 Å². The van der Waals surface area contributed by atoms with E-state index in [2.05, 4.69) is 24.3 Å². The Morgan fingerprint density at radius 1 is 1.33 bits per heavy atom. The lowest BCUT2D eigenvalue weighted by molar-refractivity contribution is -0.117. The number of hydrogen-bond donors (Lipinski definition) is 2. The number of benzene rings is 1. The zero-order valence-electron chi connectivity index (χ0n) is 12.5. The van der Waals surface area contributed by atoms with Crippen molar-refractivity contribution in [2.24, 2.45) is 11.7 Å². The van der Waals surface area contributed by atoms with Crippen LogP contribution in [0.1, 0.15) is 25.8 Å². The van der Waals surface area contributed by atoms with Crippen molar-refractivity contribution in [2.45, 2.75) is 32.9 Å². The Balaban J connectivity index is 2.07. The number of anilines is 1. The van der Waals surface area contributed by atoms with Crippen LogP contribution in [0.15, 0.2) is 42.7 Å². The largest absolute Gasteiger partial charge is 0.324 e. The third-order valence-corrected chi connectivity index (χ3v) is 3.23. The molecular formula is C16H22N4O. The zero-order valence-corrected chi connectivity index (χ0v) is 12.5. The molecule has 112 valence electrons. The molecule has 5 nitrogen and oxygen atoms in total. The van der Waals surface area contributed by atoms with E-state index in [-0.39, 0.29) is 5.91 Å². The molecule has 0 aliphatic carbocycles. The maximum absolute atomic E-state index is 12.1. The Labute approximate surface area is 125 Å². The first-order chi connectivity index (χ1) is 10.1. The van der Waals surface area contributed by atoms with Gasteiger partial charge in [-0.15, -0.1) is 0 Å². The Hall–Kier alpha value is -2.14. The summed E-state index contributed by atoms with van der Waals surface area (Å²) in [5, 5.41) is 7.11. The highest BCUT2D eigenvalue weighted by molar-refractivity contribution is 5.95. The molecule has 0 radical (unpaired) electrons. The number of rotatable bonds is 6. The number of para-hydroxylation sites is 1. The minimum Gasteiger partial charge on any atom is -0.324 e. The van der Waals surface area contributed by atoms with Crippen molar-refractivity contribution in [3.8, 4) is 0 Å². The van der Waals surface area contributed by atoms with Crippen LogP contribution in [0.2, 0.25) is 0 Å². The SMILES string of the molecule is CC(C)CC(N)C(=O)Nc1ccccc1Cn1cccn1. The highest BCUT2D eigenvalue weighted by atomic mass is 16.2. The summed E-state index contributed by atoms with van der Waals surface area (Å²) in [5.41, 5.74) is 7.72. The molecule has 0 spiro atoms. The average Bonchev–Trinajstić information content (AvgIpc) is 2.93. The molecule has 21 heavy (non-hydrogen) atoms. The molecule has 1 heterocycles. The smallest absolute Gasteiger partial charge is 0.241 e. The molecule has 1 unspecified atom stereocenters. The molecule has 1 aromatic carbocycles. The lowest BCUT2D eigenvalue weighted by Gasteiger charge is -2.16. The fraction of sp³-hybridized carbons (Fsp3) is 0.375. The highest BCUT2D eigenvalue weighted by Gasteiger charge is 2.16. The number of hydrogen-bond acceptors (Lipinski definition) is 3. The highest BCUT2D eigenvalue weighted by Crippen LogP contribution is 2.17. The van der Waals surface area contributed by atoms with E-state index in [1.807, 2.05) is 41.2 Å². The normalized spacial score (nSPS) is 12.4. The molecule has 0 aliphatic heterocycles. The number of amides is 1. The number of nitrogens with two attached hydrogens (primary N) is 1. The lowest BCUT2D eigenvalue weighted by Crippen LogP contribution is -2.36. The molecule has 1 atom stereocenters. The van der Waals surface area contributed by atoms with Crippen molar-refractivity contribution in [1.82, 2.24) is 9.78 Å². The van der Waals surface area contributed by atoms with Crippen LogP contribution in [-0.4, -0.2) is 21.7 Å². The van der Waals surface area contributed by atoms with Gasteiger partial charge < -0.3 is 11.1 Å². The van der Waals surface area contributed by atoms with Crippen LogP contribution >= 0.6 is 0 Å². The molecule has 5 heteroatoms. The quantitative estimate of drug-likeness (QED) is 0.855. The minimum absolute atomic E-state index is 0.142. The van der Waals surface area contributed by atoms with E-state index in [0.29, 0.717) is 18.9 Å². The molecule has 0 saturated heterocycles. The number of carbonyl (C=O) groups is 1. The summed E-state index contributed by atoms with van der Waals surface area (Å²) in [5.74, 6) is 0.252. The first kappa shape index (κ1) is 15.3. The number of nitrogens with zero attached hydrogens (tertiary/aromatic N) is 2. The van der Waals surface area contributed by atoms with Crippen molar-refractivity contribution >= 4 is 11.6 Å². The molecule has 0 bridgehead atoms. The maximum atomic E-state index is 12.1. The second-order valence-electron chi connectivity index (χ2n) is 5.59. The fourth-order valence-corrected chi connectivity index (χ4v) is 2.19. The summed E-state index contributed by atoms with van der Waals surface area (Å²) < 4.78 is 1.82. The molecule has 3 N–H and O–H groups in total. The van der Waals surface area contributed by atoms with E-state index < -0.39 is 6.04 Å². The first-order valence-corrected chi connectivity index (χ1v) is 7.18. The zero-order chi connectivity index (χ0) is 15.2. The van der Waals surface area contributed by atoms with Crippen molar-refractivity contribution in [3.63, 3.8) is 0 Å². The molecule has 1 aromatic heterocycles. The van der Waals surface area contributed by atoms with Crippen LogP contribution in [-0.2, 0) is 11.3 Å². The van der Waals surface area contributed by atoms with Gasteiger partial charge in [-0.1, -0.05) is 32.0 Å². The van der Waals surface area contributed by atoms with Crippen LogP contribution in [0, 0.1) is 5.92 Å². The second kappa shape index (κ2) is 7.04. The van der Waals surface area contributed by atoms with Gasteiger partial charge in [-0.05, 0) is 30.0 Å². The number of aromatic nitrogens is 2. The summed E-state index contributed by atoms with van der Waals surface area (Å²) in [4.78, 5) is 12.1.